The number of amides is 2. The quantitative estimate of drug-likeness (QED) is 0.661. The van der Waals surface area contributed by atoms with Crippen molar-refractivity contribution in [3.05, 3.63) is 52.6 Å². The van der Waals surface area contributed by atoms with Crippen LogP contribution in [0.25, 0.3) is 10.9 Å². The molecular formula is C20H23ClN6O. The van der Waals surface area contributed by atoms with E-state index in [2.05, 4.69) is 44.7 Å². The number of nitrogens with one attached hydrogen (secondary N) is 2. The van der Waals surface area contributed by atoms with E-state index < -0.39 is 0 Å². The molecule has 0 radical (unpaired) electrons. The van der Waals surface area contributed by atoms with E-state index >= 15 is 0 Å². The summed E-state index contributed by atoms with van der Waals surface area (Å²) in [6.45, 7) is 1.83. The van der Waals surface area contributed by atoms with Crippen LogP contribution in [-0.4, -0.2) is 58.0 Å². The monoisotopic (exact) mass is 398 g/mol. The number of H-pyrrole nitrogens is 1. The number of carbonyl (C=O) groups excluding carboxylic acids is 1. The Balaban J connectivity index is 1.48. The van der Waals surface area contributed by atoms with Gasteiger partial charge in [-0.3, -0.25) is 0 Å². The third-order valence-electron chi connectivity index (χ3n) is 5.05. The van der Waals surface area contributed by atoms with Gasteiger partial charge in [0.15, 0.2) is 0 Å². The topological polar surface area (TPSA) is 77.2 Å². The largest absolute Gasteiger partial charge is 0.369 e. The first-order chi connectivity index (χ1) is 13.5. The van der Waals surface area contributed by atoms with E-state index in [4.69, 9.17) is 11.6 Å². The molecule has 1 aliphatic rings. The Labute approximate surface area is 168 Å². The van der Waals surface area contributed by atoms with Crippen molar-refractivity contribution >= 4 is 34.4 Å². The maximum absolute atomic E-state index is 12.2. The molecule has 0 saturated carbocycles. The van der Waals surface area contributed by atoms with Gasteiger partial charge in [0.1, 0.15) is 5.82 Å². The average molecular weight is 399 g/mol. The highest BCUT2D eigenvalue weighted by molar-refractivity contribution is 6.28. The molecule has 3 heterocycles. The SMILES string of the molecule is CN(C)C(=O)N1CCc2c(nc(Cl)nc2NCCc2c[nH]c3ccccc23)C1. The average Bonchev–Trinajstić information content (AvgIpc) is 3.10. The highest BCUT2D eigenvalue weighted by Gasteiger charge is 2.26. The zero-order chi connectivity index (χ0) is 19.7. The number of hydrogen-bond donors (Lipinski definition) is 2. The predicted molar refractivity (Wildman–Crippen MR) is 111 cm³/mol. The van der Waals surface area contributed by atoms with E-state index in [1.807, 2.05) is 6.07 Å². The number of fused-ring (bicyclic) bond motifs is 2. The van der Waals surface area contributed by atoms with E-state index in [9.17, 15) is 4.79 Å². The van der Waals surface area contributed by atoms with Crippen molar-refractivity contribution in [3.8, 4) is 0 Å². The fourth-order valence-electron chi connectivity index (χ4n) is 3.65. The van der Waals surface area contributed by atoms with Crippen molar-refractivity contribution in [2.45, 2.75) is 19.4 Å². The predicted octanol–water partition coefficient (Wildman–Crippen LogP) is 3.31. The van der Waals surface area contributed by atoms with Gasteiger partial charge < -0.3 is 20.1 Å². The Hall–Kier alpha value is -2.80. The number of carbonyl (C=O) groups is 1. The summed E-state index contributed by atoms with van der Waals surface area (Å²) in [4.78, 5) is 27.7. The van der Waals surface area contributed by atoms with Crippen LogP contribution >= 0.6 is 11.6 Å². The number of aromatic amines is 1. The number of halogens is 1. The van der Waals surface area contributed by atoms with Crippen molar-refractivity contribution in [1.82, 2.24) is 24.8 Å². The van der Waals surface area contributed by atoms with Gasteiger partial charge in [-0.25, -0.2) is 14.8 Å². The van der Waals surface area contributed by atoms with Crippen molar-refractivity contribution in [1.29, 1.82) is 0 Å². The number of benzene rings is 1. The molecule has 0 fully saturated rings. The Bertz CT molecular complexity index is 1020. The minimum atomic E-state index is -0.0192. The molecule has 8 heteroatoms. The zero-order valence-corrected chi connectivity index (χ0v) is 16.8. The molecule has 2 N–H and O–H groups in total. The molecule has 1 aromatic carbocycles. The number of hydrogen-bond acceptors (Lipinski definition) is 4. The van der Waals surface area contributed by atoms with Gasteiger partial charge in [0.2, 0.25) is 5.28 Å². The smallest absolute Gasteiger partial charge is 0.319 e. The van der Waals surface area contributed by atoms with Crippen LogP contribution in [0.2, 0.25) is 5.28 Å². The highest BCUT2D eigenvalue weighted by atomic mass is 35.5. The fourth-order valence-corrected chi connectivity index (χ4v) is 3.83. The molecule has 2 aromatic heterocycles. The number of aromatic nitrogens is 3. The maximum Gasteiger partial charge on any atom is 0.319 e. The molecule has 4 rings (SSSR count). The van der Waals surface area contributed by atoms with Gasteiger partial charge in [-0.05, 0) is 36.1 Å². The van der Waals surface area contributed by atoms with E-state index in [0.29, 0.717) is 19.5 Å². The second kappa shape index (κ2) is 7.67. The second-order valence-electron chi connectivity index (χ2n) is 7.15. The Morgan fingerprint density at radius 1 is 1.32 bits per heavy atom. The summed E-state index contributed by atoms with van der Waals surface area (Å²) in [5.41, 5.74) is 4.27. The summed E-state index contributed by atoms with van der Waals surface area (Å²) in [6, 6.07) is 8.26. The van der Waals surface area contributed by atoms with Crippen molar-refractivity contribution < 1.29 is 4.79 Å². The molecule has 3 aromatic rings. The molecule has 0 saturated heterocycles. The van der Waals surface area contributed by atoms with Gasteiger partial charge in [-0.15, -0.1) is 0 Å². The molecular weight excluding hydrogens is 376 g/mol. The summed E-state index contributed by atoms with van der Waals surface area (Å²) >= 11 is 6.15. The third kappa shape index (κ3) is 3.62. The molecule has 0 bridgehead atoms. The van der Waals surface area contributed by atoms with Crippen LogP contribution in [0.1, 0.15) is 16.8 Å². The maximum atomic E-state index is 12.2. The first kappa shape index (κ1) is 18.6. The minimum absolute atomic E-state index is 0.0192. The van der Waals surface area contributed by atoms with Crippen molar-refractivity contribution in [2.24, 2.45) is 0 Å². The lowest BCUT2D eigenvalue weighted by Crippen LogP contribution is -2.42. The van der Waals surface area contributed by atoms with Gasteiger partial charge in [0.25, 0.3) is 0 Å². The molecule has 0 atom stereocenters. The van der Waals surface area contributed by atoms with Crippen LogP contribution in [0.15, 0.2) is 30.5 Å². The summed E-state index contributed by atoms with van der Waals surface area (Å²) in [7, 11) is 3.50. The molecule has 0 spiro atoms. The number of urea groups is 1. The molecule has 2 amide bonds. The van der Waals surface area contributed by atoms with Crippen molar-refractivity contribution in [3.63, 3.8) is 0 Å². The molecule has 0 unspecified atom stereocenters. The van der Waals surface area contributed by atoms with Crippen LogP contribution in [-0.2, 0) is 19.4 Å². The van der Waals surface area contributed by atoms with Crippen molar-refractivity contribution in [2.75, 3.05) is 32.5 Å². The lowest BCUT2D eigenvalue weighted by Gasteiger charge is -2.31. The van der Waals surface area contributed by atoms with Gasteiger partial charge in [-0.1, -0.05) is 18.2 Å². The number of para-hydroxylation sites is 1. The van der Waals surface area contributed by atoms with Gasteiger partial charge in [0, 0.05) is 49.8 Å². The van der Waals surface area contributed by atoms with Crippen LogP contribution in [0.3, 0.4) is 0 Å². The van der Waals surface area contributed by atoms with E-state index in [0.717, 1.165) is 35.6 Å². The number of nitrogens with zero attached hydrogens (tertiary/aromatic N) is 4. The number of anilines is 1. The van der Waals surface area contributed by atoms with E-state index in [-0.39, 0.29) is 11.3 Å². The van der Waals surface area contributed by atoms with Crippen LogP contribution in [0.4, 0.5) is 10.6 Å². The molecule has 7 nitrogen and oxygen atoms in total. The second-order valence-corrected chi connectivity index (χ2v) is 7.49. The Kier molecular flexibility index (Phi) is 5.09. The van der Waals surface area contributed by atoms with E-state index in [1.54, 1.807) is 23.9 Å². The molecule has 28 heavy (non-hydrogen) atoms. The molecule has 0 aliphatic carbocycles. The summed E-state index contributed by atoms with van der Waals surface area (Å²) in [5.74, 6) is 0.770. The van der Waals surface area contributed by atoms with Gasteiger partial charge >= 0.3 is 6.03 Å². The minimum Gasteiger partial charge on any atom is -0.369 e. The normalized spacial score (nSPS) is 13.5. The third-order valence-corrected chi connectivity index (χ3v) is 5.22. The first-order valence-electron chi connectivity index (χ1n) is 9.33. The summed E-state index contributed by atoms with van der Waals surface area (Å²) in [6.07, 6.45) is 3.63. The van der Waals surface area contributed by atoms with Crippen LogP contribution in [0.5, 0.6) is 0 Å². The lowest BCUT2D eigenvalue weighted by atomic mass is 10.1. The van der Waals surface area contributed by atoms with Crippen LogP contribution < -0.4 is 5.32 Å². The zero-order valence-electron chi connectivity index (χ0n) is 16.0. The van der Waals surface area contributed by atoms with Gasteiger partial charge in [0.05, 0.1) is 12.2 Å². The summed E-state index contributed by atoms with van der Waals surface area (Å²) in [5, 5.41) is 4.86. The Morgan fingerprint density at radius 2 is 2.14 bits per heavy atom. The van der Waals surface area contributed by atoms with Gasteiger partial charge in [-0.2, -0.15) is 0 Å². The first-order valence-corrected chi connectivity index (χ1v) is 9.71. The molecule has 1 aliphatic heterocycles. The lowest BCUT2D eigenvalue weighted by molar-refractivity contribution is 0.164. The fraction of sp³-hybridized carbons (Fsp3) is 0.350. The van der Waals surface area contributed by atoms with E-state index in [1.165, 1.54) is 10.9 Å². The number of rotatable bonds is 4. The Morgan fingerprint density at radius 3 is 2.96 bits per heavy atom. The van der Waals surface area contributed by atoms with Crippen LogP contribution in [0, 0.1) is 0 Å². The highest BCUT2D eigenvalue weighted by Crippen LogP contribution is 2.26. The standard InChI is InChI=1S/C20H23ClN6O/c1-26(2)20(28)27-10-8-15-17(12-27)24-19(21)25-18(15)22-9-7-13-11-23-16-6-4-3-5-14(13)16/h3-6,11,23H,7-10,12H2,1-2H3,(H,22,24,25). The molecule has 146 valence electrons. The summed E-state index contributed by atoms with van der Waals surface area (Å²) < 4.78 is 0.